The summed E-state index contributed by atoms with van der Waals surface area (Å²) in [5.74, 6) is -0.0393. The Morgan fingerprint density at radius 1 is 1.03 bits per heavy atom. The van der Waals surface area contributed by atoms with E-state index in [0.29, 0.717) is 11.6 Å². The number of nitrogens with one attached hydrogen (secondary N) is 1. The Hall–Kier alpha value is -3.81. The standard InChI is InChI=1S/C23H23N7O/c31-23(17-3-1-4-21(13-17)29-12-2-10-26-29)28-19-5-7-20(8-6-19)30-15-18(14-27-30)22-9-11-24-16-25-22/h1-4,9-16,19-20H,5-8H2,(H,28,31). The number of carbonyl (C=O) groups excluding carboxylic acids is 1. The first-order chi connectivity index (χ1) is 15.3. The fraction of sp³-hybridized carbons (Fsp3) is 0.261. The normalized spacial score (nSPS) is 18.6. The van der Waals surface area contributed by atoms with Gasteiger partial charge in [0.2, 0.25) is 0 Å². The summed E-state index contributed by atoms with van der Waals surface area (Å²) in [5, 5.41) is 12.0. The van der Waals surface area contributed by atoms with E-state index in [1.54, 1.807) is 23.4 Å². The number of amides is 1. The third-order valence-electron chi connectivity index (χ3n) is 5.76. The van der Waals surface area contributed by atoms with Gasteiger partial charge in [-0.3, -0.25) is 9.48 Å². The van der Waals surface area contributed by atoms with Gasteiger partial charge in [0.05, 0.1) is 23.6 Å². The van der Waals surface area contributed by atoms with Gasteiger partial charge in [-0.15, -0.1) is 0 Å². The summed E-state index contributed by atoms with van der Waals surface area (Å²) in [6.45, 7) is 0. The Morgan fingerprint density at radius 2 is 1.94 bits per heavy atom. The minimum Gasteiger partial charge on any atom is -0.349 e. The number of hydrogen-bond acceptors (Lipinski definition) is 5. The van der Waals surface area contributed by atoms with E-state index in [1.165, 1.54) is 0 Å². The molecule has 1 fully saturated rings. The van der Waals surface area contributed by atoms with E-state index in [9.17, 15) is 4.79 Å². The fourth-order valence-electron chi connectivity index (χ4n) is 4.10. The molecule has 8 nitrogen and oxygen atoms in total. The molecule has 1 N–H and O–H groups in total. The summed E-state index contributed by atoms with van der Waals surface area (Å²) in [7, 11) is 0. The fourth-order valence-corrected chi connectivity index (χ4v) is 4.10. The van der Waals surface area contributed by atoms with E-state index >= 15 is 0 Å². The molecule has 0 saturated heterocycles. The quantitative estimate of drug-likeness (QED) is 0.541. The van der Waals surface area contributed by atoms with Crippen LogP contribution in [-0.4, -0.2) is 41.5 Å². The highest BCUT2D eigenvalue weighted by Crippen LogP contribution is 2.29. The molecular formula is C23H23N7O. The van der Waals surface area contributed by atoms with Gasteiger partial charge in [0.15, 0.2) is 0 Å². The molecule has 0 bridgehead atoms. The Balaban J connectivity index is 1.18. The van der Waals surface area contributed by atoms with Crippen LogP contribution in [-0.2, 0) is 0 Å². The van der Waals surface area contributed by atoms with Crippen molar-refractivity contribution in [3.8, 4) is 16.9 Å². The van der Waals surface area contributed by atoms with Crippen molar-refractivity contribution in [3.63, 3.8) is 0 Å². The van der Waals surface area contributed by atoms with Gasteiger partial charge >= 0.3 is 0 Å². The lowest BCUT2D eigenvalue weighted by atomic mass is 9.91. The molecule has 1 aromatic carbocycles. The van der Waals surface area contributed by atoms with Crippen LogP contribution in [0, 0.1) is 0 Å². The molecule has 1 saturated carbocycles. The zero-order valence-corrected chi connectivity index (χ0v) is 17.0. The Bertz CT molecular complexity index is 1150. The lowest BCUT2D eigenvalue weighted by molar-refractivity contribution is 0.0921. The Kier molecular flexibility index (Phi) is 5.26. The first-order valence-corrected chi connectivity index (χ1v) is 10.5. The van der Waals surface area contributed by atoms with Crippen molar-refractivity contribution in [2.75, 3.05) is 0 Å². The molecule has 0 radical (unpaired) electrons. The van der Waals surface area contributed by atoms with Crippen molar-refractivity contribution in [1.82, 2.24) is 34.8 Å². The van der Waals surface area contributed by atoms with E-state index in [0.717, 1.165) is 42.6 Å². The molecule has 0 unspecified atom stereocenters. The number of carbonyl (C=O) groups is 1. The number of aromatic nitrogens is 6. The van der Waals surface area contributed by atoms with Crippen LogP contribution in [0.25, 0.3) is 16.9 Å². The van der Waals surface area contributed by atoms with Crippen molar-refractivity contribution in [3.05, 3.63) is 79.3 Å². The van der Waals surface area contributed by atoms with Crippen molar-refractivity contribution in [2.45, 2.75) is 37.8 Å². The smallest absolute Gasteiger partial charge is 0.251 e. The summed E-state index contributed by atoms with van der Waals surface area (Å²) >= 11 is 0. The van der Waals surface area contributed by atoms with Crippen molar-refractivity contribution in [2.24, 2.45) is 0 Å². The summed E-state index contributed by atoms with van der Waals surface area (Å²) < 4.78 is 3.78. The molecule has 5 rings (SSSR count). The lowest BCUT2D eigenvalue weighted by Crippen LogP contribution is -2.38. The van der Waals surface area contributed by atoms with Crippen LogP contribution in [0.4, 0.5) is 0 Å². The summed E-state index contributed by atoms with van der Waals surface area (Å²) in [6, 6.07) is 11.8. The Labute approximate surface area is 180 Å². The maximum Gasteiger partial charge on any atom is 0.251 e. The molecule has 1 amide bonds. The highest BCUT2D eigenvalue weighted by Gasteiger charge is 2.24. The van der Waals surface area contributed by atoms with Crippen LogP contribution < -0.4 is 5.32 Å². The van der Waals surface area contributed by atoms with Crippen LogP contribution in [0.2, 0.25) is 0 Å². The zero-order chi connectivity index (χ0) is 21.0. The van der Waals surface area contributed by atoms with E-state index in [1.807, 2.05) is 59.7 Å². The first-order valence-electron chi connectivity index (χ1n) is 10.5. The van der Waals surface area contributed by atoms with Gasteiger partial charge in [-0.05, 0) is 56.0 Å². The van der Waals surface area contributed by atoms with Crippen LogP contribution in [0.1, 0.15) is 42.1 Å². The highest BCUT2D eigenvalue weighted by atomic mass is 16.1. The largest absolute Gasteiger partial charge is 0.349 e. The van der Waals surface area contributed by atoms with Gasteiger partial charge < -0.3 is 5.32 Å². The van der Waals surface area contributed by atoms with Crippen LogP contribution >= 0.6 is 0 Å². The van der Waals surface area contributed by atoms with Crippen molar-refractivity contribution in [1.29, 1.82) is 0 Å². The Morgan fingerprint density at radius 3 is 2.71 bits per heavy atom. The number of hydrogen-bond donors (Lipinski definition) is 1. The molecule has 4 aromatic rings. The average molecular weight is 413 g/mol. The number of nitrogens with zero attached hydrogens (tertiary/aromatic N) is 6. The SMILES string of the molecule is O=C(NC1CCC(n2cc(-c3ccncn3)cn2)CC1)c1cccc(-n2cccn2)c1. The van der Waals surface area contributed by atoms with Gasteiger partial charge in [-0.25, -0.2) is 14.6 Å². The topological polar surface area (TPSA) is 90.5 Å². The number of benzene rings is 1. The maximum absolute atomic E-state index is 12.8. The van der Waals surface area contributed by atoms with Crippen molar-refractivity contribution >= 4 is 5.91 Å². The van der Waals surface area contributed by atoms with Gasteiger partial charge in [-0.2, -0.15) is 10.2 Å². The van der Waals surface area contributed by atoms with Gasteiger partial charge in [0.1, 0.15) is 6.33 Å². The minimum atomic E-state index is -0.0393. The van der Waals surface area contributed by atoms with Crippen LogP contribution in [0.15, 0.2) is 73.7 Å². The predicted molar refractivity (Wildman–Crippen MR) is 116 cm³/mol. The molecule has 1 aliphatic carbocycles. The van der Waals surface area contributed by atoms with Gasteiger partial charge in [0, 0.05) is 42.0 Å². The maximum atomic E-state index is 12.8. The molecule has 8 heteroatoms. The third kappa shape index (κ3) is 4.23. The van der Waals surface area contributed by atoms with Gasteiger partial charge in [0.25, 0.3) is 5.91 Å². The van der Waals surface area contributed by atoms with E-state index in [-0.39, 0.29) is 11.9 Å². The summed E-state index contributed by atoms with van der Waals surface area (Å²) in [5.41, 5.74) is 3.39. The minimum absolute atomic E-state index is 0.0393. The lowest BCUT2D eigenvalue weighted by Gasteiger charge is -2.29. The van der Waals surface area contributed by atoms with E-state index < -0.39 is 0 Å². The average Bonchev–Trinajstić information content (AvgIpc) is 3.53. The monoisotopic (exact) mass is 413 g/mol. The van der Waals surface area contributed by atoms with Crippen LogP contribution in [0.5, 0.6) is 0 Å². The molecule has 0 aliphatic heterocycles. The first kappa shape index (κ1) is 19.2. The molecule has 156 valence electrons. The predicted octanol–water partition coefficient (Wildman–Crippen LogP) is 3.44. The van der Waals surface area contributed by atoms with Crippen LogP contribution in [0.3, 0.4) is 0 Å². The number of rotatable bonds is 5. The molecule has 31 heavy (non-hydrogen) atoms. The van der Waals surface area contributed by atoms with E-state index in [4.69, 9.17) is 0 Å². The summed E-state index contributed by atoms with van der Waals surface area (Å²) in [4.78, 5) is 21.0. The second kappa shape index (κ2) is 8.51. The highest BCUT2D eigenvalue weighted by molar-refractivity contribution is 5.94. The second-order valence-electron chi connectivity index (χ2n) is 7.78. The third-order valence-corrected chi connectivity index (χ3v) is 5.76. The zero-order valence-electron chi connectivity index (χ0n) is 17.0. The molecule has 0 spiro atoms. The van der Waals surface area contributed by atoms with Crippen molar-refractivity contribution < 1.29 is 4.79 Å². The van der Waals surface area contributed by atoms with Gasteiger partial charge in [-0.1, -0.05) is 6.07 Å². The molecule has 3 heterocycles. The second-order valence-corrected chi connectivity index (χ2v) is 7.78. The molecular weight excluding hydrogens is 390 g/mol. The molecule has 0 atom stereocenters. The van der Waals surface area contributed by atoms with E-state index in [2.05, 4.69) is 25.5 Å². The molecule has 3 aromatic heterocycles. The summed E-state index contributed by atoms with van der Waals surface area (Å²) in [6.07, 6.45) is 14.6. The molecule has 1 aliphatic rings.